The average molecular weight is 195 g/mol. The Morgan fingerprint density at radius 2 is 2.00 bits per heavy atom. The Kier molecular flexibility index (Phi) is 6.81. The SMILES string of the molecule is CC=CC(C)=C(C)NC(=O)CCCC. The second kappa shape index (κ2) is 7.36. The van der Waals surface area contributed by atoms with Crippen LogP contribution in [-0.4, -0.2) is 5.91 Å². The number of rotatable bonds is 5. The van der Waals surface area contributed by atoms with Crippen molar-refractivity contribution in [2.75, 3.05) is 0 Å². The van der Waals surface area contributed by atoms with Crippen LogP contribution in [0.5, 0.6) is 0 Å². The number of hydrogen-bond donors (Lipinski definition) is 1. The van der Waals surface area contributed by atoms with Crippen molar-refractivity contribution >= 4 is 5.91 Å². The smallest absolute Gasteiger partial charge is 0.224 e. The predicted molar refractivity (Wildman–Crippen MR) is 60.9 cm³/mol. The normalized spacial score (nSPS) is 12.9. The van der Waals surface area contributed by atoms with Gasteiger partial charge >= 0.3 is 0 Å². The van der Waals surface area contributed by atoms with E-state index in [1.54, 1.807) is 0 Å². The van der Waals surface area contributed by atoms with E-state index in [0.717, 1.165) is 24.1 Å². The van der Waals surface area contributed by atoms with Gasteiger partial charge < -0.3 is 5.32 Å². The van der Waals surface area contributed by atoms with E-state index in [2.05, 4.69) is 12.2 Å². The van der Waals surface area contributed by atoms with E-state index in [1.165, 1.54) is 0 Å². The highest BCUT2D eigenvalue weighted by Crippen LogP contribution is 2.03. The first-order chi connectivity index (χ1) is 6.61. The third-order valence-electron chi connectivity index (χ3n) is 2.09. The van der Waals surface area contributed by atoms with Crippen molar-refractivity contribution in [2.24, 2.45) is 0 Å². The topological polar surface area (TPSA) is 29.1 Å². The third-order valence-corrected chi connectivity index (χ3v) is 2.09. The zero-order valence-electron chi connectivity index (χ0n) is 9.68. The van der Waals surface area contributed by atoms with E-state index in [0.29, 0.717) is 6.42 Å². The minimum absolute atomic E-state index is 0.119. The highest BCUT2D eigenvalue weighted by atomic mass is 16.1. The predicted octanol–water partition coefficient (Wildman–Crippen LogP) is 3.16. The summed E-state index contributed by atoms with van der Waals surface area (Å²) in [6, 6.07) is 0. The molecule has 0 aromatic heterocycles. The van der Waals surface area contributed by atoms with Gasteiger partial charge in [0.15, 0.2) is 0 Å². The molecule has 14 heavy (non-hydrogen) atoms. The summed E-state index contributed by atoms with van der Waals surface area (Å²) in [5.74, 6) is 0.119. The maximum absolute atomic E-state index is 11.4. The van der Waals surface area contributed by atoms with E-state index >= 15 is 0 Å². The lowest BCUT2D eigenvalue weighted by molar-refractivity contribution is -0.120. The largest absolute Gasteiger partial charge is 0.330 e. The van der Waals surface area contributed by atoms with Crippen LogP contribution in [0.15, 0.2) is 23.4 Å². The standard InChI is InChI=1S/C12H21NO/c1-5-7-9-12(14)13-11(4)10(3)8-6-2/h6,8H,5,7,9H2,1-4H3,(H,13,14). The van der Waals surface area contributed by atoms with Crippen molar-refractivity contribution in [3.63, 3.8) is 0 Å². The number of carbonyl (C=O) groups excluding carboxylic acids is 1. The maximum Gasteiger partial charge on any atom is 0.224 e. The average Bonchev–Trinajstić information content (AvgIpc) is 2.15. The van der Waals surface area contributed by atoms with E-state index in [1.807, 2.05) is 32.9 Å². The Morgan fingerprint density at radius 3 is 2.50 bits per heavy atom. The summed E-state index contributed by atoms with van der Waals surface area (Å²) in [7, 11) is 0. The molecule has 0 spiro atoms. The molecule has 0 fully saturated rings. The van der Waals surface area contributed by atoms with Crippen molar-refractivity contribution < 1.29 is 4.79 Å². The summed E-state index contributed by atoms with van der Waals surface area (Å²) < 4.78 is 0. The zero-order chi connectivity index (χ0) is 11.0. The fraction of sp³-hybridized carbons (Fsp3) is 0.583. The van der Waals surface area contributed by atoms with Crippen LogP contribution in [-0.2, 0) is 4.79 Å². The molecule has 2 nitrogen and oxygen atoms in total. The Bertz CT molecular complexity index is 239. The molecule has 0 radical (unpaired) electrons. The Balaban J connectivity index is 4.10. The highest BCUT2D eigenvalue weighted by Gasteiger charge is 2.01. The van der Waals surface area contributed by atoms with E-state index in [9.17, 15) is 4.79 Å². The fourth-order valence-corrected chi connectivity index (χ4v) is 1.08. The van der Waals surface area contributed by atoms with Gasteiger partial charge in [0.25, 0.3) is 0 Å². The second-order valence-corrected chi connectivity index (χ2v) is 3.46. The fourth-order valence-electron chi connectivity index (χ4n) is 1.08. The summed E-state index contributed by atoms with van der Waals surface area (Å²) in [6.07, 6.45) is 6.61. The van der Waals surface area contributed by atoms with Gasteiger partial charge in [0.05, 0.1) is 0 Å². The molecule has 0 bridgehead atoms. The zero-order valence-corrected chi connectivity index (χ0v) is 9.68. The Labute approximate surface area is 87.1 Å². The van der Waals surface area contributed by atoms with Gasteiger partial charge in [0, 0.05) is 12.1 Å². The molecule has 0 aromatic carbocycles. The second-order valence-electron chi connectivity index (χ2n) is 3.46. The Hall–Kier alpha value is -1.05. The molecule has 0 unspecified atom stereocenters. The summed E-state index contributed by atoms with van der Waals surface area (Å²) in [6.45, 7) is 7.98. The first kappa shape index (κ1) is 12.9. The molecule has 1 N–H and O–H groups in total. The molecule has 2 heteroatoms. The van der Waals surface area contributed by atoms with Crippen LogP contribution in [0, 0.1) is 0 Å². The molecule has 1 amide bonds. The van der Waals surface area contributed by atoms with Gasteiger partial charge in [-0.05, 0) is 32.8 Å². The molecule has 0 aliphatic heterocycles. The monoisotopic (exact) mass is 195 g/mol. The number of amides is 1. The van der Waals surface area contributed by atoms with E-state index < -0.39 is 0 Å². The van der Waals surface area contributed by atoms with Crippen LogP contribution < -0.4 is 5.32 Å². The highest BCUT2D eigenvalue weighted by molar-refractivity contribution is 5.77. The molecular weight excluding hydrogens is 174 g/mol. The molecule has 0 atom stereocenters. The first-order valence-corrected chi connectivity index (χ1v) is 5.21. The number of unbranched alkanes of at least 4 members (excludes halogenated alkanes) is 1. The first-order valence-electron chi connectivity index (χ1n) is 5.21. The van der Waals surface area contributed by atoms with Gasteiger partial charge in [-0.2, -0.15) is 0 Å². The number of hydrogen-bond acceptors (Lipinski definition) is 1. The third kappa shape index (κ3) is 5.57. The summed E-state index contributed by atoms with van der Waals surface area (Å²) in [4.78, 5) is 11.4. The minimum Gasteiger partial charge on any atom is -0.330 e. The quantitative estimate of drug-likeness (QED) is 0.671. The lowest BCUT2D eigenvalue weighted by atomic mass is 10.2. The van der Waals surface area contributed by atoms with Gasteiger partial charge in [-0.15, -0.1) is 0 Å². The van der Waals surface area contributed by atoms with Crippen molar-refractivity contribution in [1.82, 2.24) is 5.32 Å². The number of nitrogens with one attached hydrogen (secondary N) is 1. The van der Waals surface area contributed by atoms with Crippen LogP contribution in [0.1, 0.15) is 47.0 Å². The Morgan fingerprint density at radius 1 is 1.36 bits per heavy atom. The maximum atomic E-state index is 11.4. The van der Waals surface area contributed by atoms with Crippen molar-refractivity contribution in [3.05, 3.63) is 23.4 Å². The van der Waals surface area contributed by atoms with Gasteiger partial charge in [0.1, 0.15) is 0 Å². The van der Waals surface area contributed by atoms with Gasteiger partial charge in [-0.3, -0.25) is 4.79 Å². The summed E-state index contributed by atoms with van der Waals surface area (Å²) >= 11 is 0. The molecular formula is C12H21NO. The number of carbonyl (C=O) groups is 1. The van der Waals surface area contributed by atoms with Crippen LogP contribution in [0.4, 0.5) is 0 Å². The molecule has 0 saturated heterocycles. The van der Waals surface area contributed by atoms with Crippen LogP contribution in [0.2, 0.25) is 0 Å². The molecule has 80 valence electrons. The van der Waals surface area contributed by atoms with E-state index in [-0.39, 0.29) is 5.91 Å². The molecule has 0 heterocycles. The lowest BCUT2D eigenvalue weighted by Gasteiger charge is -2.06. The van der Waals surface area contributed by atoms with Crippen molar-refractivity contribution in [1.29, 1.82) is 0 Å². The van der Waals surface area contributed by atoms with Crippen LogP contribution >= 0.6 is 0 Å². The molecule has 0 aromatic rings. The lowest BCUT2D eigenvalue weighted by Crippen LogP contribution is -2.21. The van der Waals surface area contributed by atoms with Crippen LogP contribution in [0.25, 0.3) is 0 Å². The number of allylic oxidation sites excluding steroid dienone is 4. The minimum atomic E-state index is 0.119. The molecule has 0 saturated carbocycles. The summed E-state index contributed by atoms with van der Waals surface area (Å²) in [5.41, 5.74) is 2.06. The van der Waals surface area contributed by atoms with Gasteiger partial charge in [-0.25, -0.2) is 0 Å². The molecule has 0 aliphatic rings. The van der Waals surface area contributed by atoms with E-state index in [4.69, 9.17) is 0 Å². The van der Waals surface area contributed by atoms with Crippen molar-refractivity contribution in [2.45, 2.75) is 47.0 Å². The van der Waals surface area contributed by atoms with Crippen LogP contribution in [0.3, 0.4) is 0 Å². The summed E-state index contributed by atoms with van der Waals surface area (Å²) in [5, 5.41) is 2.89. The molecule has 0 rings (SSSR count). The molecule has 0 aliphatic carbocycles. The van der Waals surface area contributed by atoms with Gasteiger partial charge in [0.2, 0.25) is 5.91 Å². The van der Waals surface area contributed by atoms with Gasteiger partial charge in [-0.1, -0.05) is 25.5 Å². The van der Waals surface area contributed by atoms with Crippen molar-refractivity contribution in [3.8, 4) is 0 Å².